The van der Waals surface area contributed by atoms with E-state index in [9.17, 15) is 9.59 Å². The molecule has 1 rings (SSSR count). The molecule has 0 saturated carbocycles. The Balaban J connectivity index is 3.03. The molecule has 0 bridgehead atoms. The van der Waals surface area contributed by atoms with Gasteiger partial charge in [-0.15, -0.1) is 0 Å². The Morgan fingerprint density at radius 2 is 2.00 bits per heavy atom. The van der Waals surface area contributed by atoms with Gasteiger partial charge in [-0.25, -0.2) is 0 Å². The van der Waals surface area contributed by atoms with Gasteiger partial charge < -0.3 is 10.6 Å². The number of aryl methyl sites for hydroxylation is 1. The van der Waals surface area contributed by atoms with Gasteiger partial charge in [0.15, 0.2) is 0 Å². The summed E-state index contributed by atoms with van der Waals surface area (Å²) < 4.78 is 0.838. The molecule has 0 spiro atoms. The van der Waals surface area contributed by atoms with Crippen LogP contribution in [0.25, 0.3) is 0 Å². The molecule has 2 N–H and O–H groups in total. The second-order valence-corrected chi connectivity index (χ2v) is 5.92. The summed E-state index contributed by atoms with van der Waals surface area (Å²) in [6.45, 7) is 6.32. The van der Waals surface area contributed by atoms with Crippen LogP contribution in [-0.2, 0) is 4.79 Å². The van der Waals surface area contributed by atoms with E-state index in [0.717, 1.165) is 10.0 Å². The average molecular weight is 327 g/mol. The van der Waals surface area contributed by atoms with E-state index in [2.05, 4.69) is 15.9 Å². The summed E-state index contributed by atoms with van der Waals surface area (Å²) in [5.74, 6) is -0.385. The van der Waals surface area contributed by atoms with Crippen molar-refractivity contribution in [3.63, 3.8) is 0 Å². The molecule has 0 fully saturated rings. The molecule has 0 aliphatic heterocycles. The van der Waals surface area contributed by atoms with Crippen LogP contribution in [0.5, 0.6) is 0 Å². The van der Waals surface area contributed by atoms with Crippen molar-refractivity contribution in [2.45, 2.75) is 20.8 Å². The normalized spacial score (nSPS) is 10.6. The first kappa shape index (κ1) is 15.7. The Morgan fingerprint density at radius 1 is 1.37 bits per heavy atom. The van der Waals surface area contributed by atoms with Crippen molar-refractivity contribution in [2.75, 3.05) is 13.1 Å². The molecule has 0 atom stereocenters. The number of nitrogens with two attached hydrogens (primary N) is 1. The molecule has 1 aromatic rings. The smallest absolute Gasteiger partial charge is 0.254 e. The van der Waals surface area contributed by atoms with Crippen LogP contribution in [0.2, 0.25) is 0 Å². The summed E-state index contributed by atoms with van der Waals surface area (Å²) in [7, 11) is 0. The van der Waals surface area contributed by atoms with Crippen LogP contribution >= 0.6 is 15.9 Å². The number of nitrogens with zero attached hydrogens (tertiary/aromatic N) is 1. The molecule has 0 heterocycles. The largest absolute Gasteiger partial charge is 0.368 e. The van der Waals surface area contributed by atoms with Crippen molar-refractivity contribution in [1.82, 2.24) is 4.90 Å². The van der Waals surface area contributed by atoms with Crippen LogP contribution in [0.4, 0.5) is 0 Å². The number of carbonyl (C=O) groups excluding carboxylic acids is 2. The van der Waals surface area contributed by atoms with Crippen molar-refractivity contribution >= 4 is 27.7 Å². The number of amides is 2. The Morgan fingerprint density at radius 3 is 2.53 bits per heavy atom. The van der Waals surface area contributed by atoms with Gasteiger partial charge in [-0.05, 0) is 30.5 Å². The fourth-order valence-electron chi connectivity index (χ4n) is 1.84. The van der Waals surface area contributed by atoms with Gasteiger partial charge >= 0.3 is 0 Å². The molecule has 0 aliphatic carbocycles. The number of carbonyl (C=O) groups is 2. The second-order valence-electron chi connectivity index (χ2n) is 5.01. The third-order valence-electron chi connectivity index (χ3n) is 2.65. The highest BCUT2D eigenvalue weighted by atomic mass is 79.9. The van der Waals surface area contributed by atoms with E-state index in [4.69, 9.17) is 5.73 Å². The zero-order chi connectivity index (χ0) is 14.6. The maximum Gasteiger partial charge on any atom is 0.254 e. The Kier molecular flexibility index (Phi) is 5.54. The molecule has 0 aliphatic rings. The minimum absolute atomic E-state index is 0.0526. The van der Waals surface area contributed by atoms with Crippen molar-refractivity contribution in [3.8, 4) is 0 Å². The quantitative estimate of drug-likeness (QED) is 0.902. The molecule has 5 heteroatoms. The summed E-state index contributed by atoms with van der Waals surface area (Å²) in [6, 6.07) is 5.52. The molecule has 0 aromatic heterocycles. The van der Waals surface area contributed by atoms with E-state index in [1.54, 1.807) is 6.07 Å². The lowest BCUT2D eigenvalue weighted by Gasteiger charge is -2.24. The number of primary amides is 1. The van der Waals surface area contributed by atoms with E-state index < -0.39 is 5.91 Å². The van der Waals surface area contributed by atoms with Crippen LogP contribution in [0, 0.1) is 12.8 Å². The van der Waals surface area contributed by atoms with Crippen molar-refractivity contribution in [1.29, 1.82) is 0 Å². The molecule has 0 radical (unpaired) electrons. The number of hydrogen-bond acceptors (Lipinski definition) is 2. The van der Waals surface area contributed by atoms with Crippen LogP contribution in [-0.4, -0.2) is 29.8 Å². The van der Waals surface area contributed by atoms with E-state index in [-0.39, 0.29) is 18.4 Å². The van der Waals surface area contributed by atoms with Gasteiger partial charge in [-0.2, -0.15) is 0 Å². The van der Waals surface area contributed by atoms with Gasteiger partial charge in [0, 0.05) is 16.6 Å². The van der Waals surface area contributed by atoms with Gasteiger partial charge in [0.2, 0.25) is 5.91 Å². The van der Waals surface area contributed by atoms with Crippen LogP contribution in [0.15, 0.2) is 22.7 Å². The maximum atomic E-state index is 12.5. The van der Waals surface area contributed by atoms with Crippen molar-refractivity contribution < 1.29 is 9.59 Å². The molecule has 104 valence electrons. The summed E-state index contributed by atoms with van der Waals surface area (Å²) in [5, 5.41) is 0. The number of rotatable bonds is 5. The lowest BCUT2D eigenvalue weighted by molar-refractivity contribution is -0.118. The van der Waals surface area contributed by atoms with E-state index in [0.29, 0.717) is 12.1 Å². The first-order chi connectivity index (χ1) is 8.81. The zero-order valence-corrected chi connectivity index (χ0v) is 13.0. The second kappa shape index (κ2) is 6.70. The van der Waals surface area contributed by atoms with Crippen molar-refractivity contribution in [3.05, 3.63) is 33.8 Å². The standard InChI is InChI=1S/C14H19BrN2O2/c1-9(2)7-17(8-13(16)18)14(19)12-6-11(15)5-4-10(12)3/h4-6,9H,7-8H2,1-3H3,(H2,16,18). The lowest BCUT2D eigenvalue weighted by atomic mass is 10.1. The minimum Gasteiger partial charge on any atom is -0.368 e. The Hall–Kier alpha value is -1.36. The average Bonchev–Trinajstić information content (AvgIpc) is 2.29. The fourth-order valence-corrected chi connectivity index (χ4v) is 2.20. The fraction of sp³-hybridized carbons (Fsp3) is 0.429. The van der Waals surface area contributed by atoms with Crippen LogP contribution in [0.3, 0.4) is 0 Å². The molecule has 19 heavy (non-hydrogen) atoms. The summed E-state index contributed by atoms with van der Waals surface area (Å²) in [6.07, 6.45) is 0. The number of halogens is 1. The predicted octanol–water partition coefficient (Wildman–Crippen LogP) is 2.34. The number of benzene rings is 1. The molecular weight excluding hydrogens is 308 g/mol. The van der Waals surface area contributed by atoms with Gasteiger partial charge in [0.05, 0.1) is 6.54 Å². The highest BCUT2D eigenvalue weighted by Crippen LogP contribution is 2.18. The highest BCUT2D eigenvalue weighted by Gasteiger charge is 2.20. The first-order valence-corrected chi connectivity index (χ1v) is 6.94. The van der Waals surface area contributed by atoms with E-state index in [1.165, 1.54) is 4.90 Å². The maximum absolute atomic E-state index is 12.5. The molecule has 0 unspecified atom stereocenters. The number of hydrogen-bond donors (Lipinski definition) is 1. The molecular formula is C14H19BrN2O2. The van der Waals surface area contributed by atoms with Crippen molar-refractivity contribution in [2.24, 2.45) is 11.7 Å². The Bertz CT molecular complexity index is 486. The topological polar surface area (TPSA) is 63.4 Å². The van der Waals surface area contributed by atoms with Gasteiger partial charge in [-0.3, -0.25) is 9.59 Å². The summed E-state index contributed by atoms with van der Waals surface area (Å²) >= 11 is 3.35. The first-order valence-electron chi connectivity index (χ1n) is 6.15. The molecule has 2 amide bonds. The third-order valence-corrected chi connectivity index (χ3v) is 3.14. The molecule has 1 aromatic carbocycles. The predicted molar refractivity (Wildman–Crippen MR) is 78.8 cm³/mol. The van der Waals surface area contributed by atoms with Gasteiger partial charge in [0.25, 0.3) is 5.91 Å². The summed E-state index contributed by atoms with van der Waals surface area (Å²) in [4.78, 5) is 25.1. The van der Waals surface area contributed by atoms with Gasteiger partial charge in [-0.1, -0.05) is 35.8 Å². The van der Waals surface area contributed by atoms with Crippen LogP contribution in [0.1, 0.15) is 29.8 Å². The zero-order valence-electron chi connectivity index (χ0n) is 11.4. The Labute approximate surface area is 122 Å². The van der Waals surface area contributed by atoms with E-state index in [1.807, 2.05) is 32.9 Å². The molecule has 0 saturated heterocycles. The van der Waals surface area contributed by atoms with E-state index >= 15 is 0 Å². The SMILES string of the molecule is Cc1ccc(Br)cc1C(=O)N(CC(N)=O)CC(C)C. The third kappa shape index (κ3) is 4.67. The molecule has 4 nitrogen and oxygen atoms in total. The summed E-state index contributed by atoms with van der Waals surface area (Å²) in [5.41, 5.74) is 6.69. The highest BCUT2D eigenvalue weighted by molar-refractivity contribution is 9.10. The van der Waals surface area contributed by atoms with Gasteiger partial charge in [0.1, 0.15) is 0 Å². The monoisotopic (exact) mass is 326 g/mol. The minimum atomic E-state index is -0.498. The van der Waals surface area contributed by atoms with Crippen LogP contribution < -0.4 is 5.73 Å². The lowest BCUT2D eigenvalue weighted by Crippen LogP contribution is -2.40.